The standard InChI is InChI=1S/C12H16FN3O2/c1-12(3-2-4-18-12)7-16-11(17)9-5-8(13)6-15-10(9)14/h5-6H,2-4,7H2,1H3,(H2,14,15)(H,16,17). The lowest BCUT2D eigenvalue weighted by Gasteiger charge is -2.23. The van der Waals surface area contributed by atoms with Crippen LogP contribution in [0.3, 0.4) is 0 Å². The summed E-state index contributed by atoms with van der Waals surface area (Å²) in [5.74, 6) is -1.000. The van der Waals surface area contributed by atoms with Crippen molar-refractivity contribution in [3.63, 3.8) is 0 Å². The van der Waals surface area contributed by atoms with Gasteiger partial charge < -0.3 is 15.8 Å². The predicted molar refractivity (Wildman–Crippen MR) is 64.5 cm³/mol. The second-order valence-corrected chi connectivity index (χ2v) is 4.67. The molecule has 1 aromatic rings. The van der Waals surface area contributed by atoms with Crippen LogP contribution in [-0.2, 0) is 4.74 Å². The molecule has 1 saturated heterocycles. The van der Waals surface area contributed by atoms with Gasteiger partial charge in [0, 0.05) is 13.2 Å². The molecule has 0 aliphatic carbocycles. The lowest BCUT2D eigenvalue weighted by atomic mass is 10.0. The first-order chi connectivity index (χ1) is 8.50. The van der Waals surface area contributed by atoms with E-state index in [1.807, 2.05) is 6.92 Å². The summed E-state index contributed by atoms with van der Waals surface area (Å²) < 4.78 is 18.5. The zero-order valence-corrected chi connectivity index (χ0v) is 10.2. The van der Waals surface area contributed by atoms with E-state index in [0.29, 0.717) is 13.2 Å². The third kappa shape index (κ3) is 2.76. The van der Waals surface area contributed by atoms with Crippen molar-refractivity contribution in [2.24, 2.45) is 0 Å². The van der Waals surface area contributed by atoms with Crippen LogP contribution in [0.2, 0.25) is 0 Å². The van der Waals surface area contributed by atoms with Crippen molar-refractivity contribution >= 4 is 11.7 Å². The number of nitrogen functional groups attached to an aromatic ring is 1. The maximum absolute atomic E-state index is 13.0. The molecule has 2 rings (SSSR count). The summed E-state index contributed by atoms with van der Waals surface area (Å²) in [6, 6.07) is 1.08. The number of nitrogens with two attached hydrogens (primary N) is 1. The van der Waals surface area contributed by atoms with Gasteiger partial charge in [0.05, 0.1) is 17.4 Å². The summed E-state index contributed by atoms with van der Waals surface area (Å²) in [6.45, 7) is 3.02. The Kier molecular flexibility index (Phi) is 3.47. The number of pyridine rings is 1. The maximum Gasteiger partial charge on any atom is 0.255 e. The second kappa shape index (κ2) is 4.89. The lowest BCUT2D eigenvalue weighted by molar-refractivity contribution is 0.0206. The lowest BCUT2D eigenvalue weighted by Crippen LogP contribution is -2.40. The van der Waals surface area contributed by atoms with Crippen LogP contribution in [-0.4, -0.2) is 29.6 Å². The van der Waals surface area contributed by atoms with E-state index in [0.717, 1.165) is 25.1 Å². The summed E-state index contributed by atoms with van der Waals surface area (Å²) in [4.78, 5) is 15.5. The first-order valence-corrected chi connectivity index (χ1v) is 5.83. The van der Waals surface area contributed by atoms with Crippen LogP contribution < -0.4 is 11.1 Å². The van der Waals surface area contributed by atoms with Gasteiger partial charge in [-0.25, -0.2) is 9.37 Å². The molecule has 6 heteroatoms. The minimum absolute atomic E-state index is 0.0198. The Morgan fingerprint density at radius 1 is 1.72 bits per heavy atom. The number of anilines is 1. The molecule has 1 aliphatic rings. The Labute approximate surface area is 105 Å². The molecule has 1 unspecified atom stereocenters. The van der Waals surface area contributed by atoms with Crippen molar-refractivity contribution in [3.05, 3.63) is 23.6 Å². The molecule has 5 nitrogen and oxygen atoms in total. The normalized spacial score (nSPS) is 23.0. The highest BCUT2D eigenvalue weighted by Gasteiger charge is 2.30. The number of ether oxygens (including phenoxy) is 1. The molecule has 98 valence electrons. The van der Waals surface area contributed by atoms with Gasteiger partial charge in [-0.3, -0.25) is 4.79 Å². The average Bonchev–Trinajstić information content (AvgIpc) is 2.77. The third-order valence-corrected chi connectivity index (χ3v) is 3.05. The number of aromatic nitrogens is 1. The quantitative estimate of drug-likeness (QED) is 0.845. The molecule has 1 atom stereocenters. The molecule has 0 aromatic carbocycles. The van der Waals surface area contributed by atoms with Crippen molar-refractivity contribution in [3.8, 4) is 0 Å². The SMILES string of the molecule is CC1(CNC(=O)c2cc(F)cnc2N)CCCO1. The van der Waals surface area contributed by atoms with E-state index in [1.165, 1.54) is 0 Å². The van der Waals surface area contributed by atoms with Crippen molar-refractivity contribution in [2.45, 2.75) is 25.4 Å². The Balaban J connectivity index is 2.01. The van der Waals surface area contributed by atoms with Crippen LogP contribution in [0, 0.1) is 5.82 Å². The van der Waals surface area contributed by atoms with E-state index in [9.17, 15) is 9.18 Å². The number of hydrogen-bond donors (Lipinski definition) is 2. The average molecular weight is 253 g/mol. The second-order valence-electron chi connectivity index (χ2n) is 4.67. The topological polar surface area (TPSA) is 77.2 Å². The predicted octanol–water partition coefficient (Wildman–Crippen LogP) is 1.10. The van der Waals surface area contributed by atoms with Crippen LogP contribution in [0.4, 0.5) is 10.2 Å². The summed E-state index contributed by atoms with van der Waals surface area (Å²) >= 11 is 0. The molecule has 1 aliphatic heterocycles. The number of hydrogen-bond acceptors (Lipinski definition) is 4. The highest BCUT2D eigenvalue weighted by atomic mass is 19.1. The summed E-state index contributed by atoms with van der Waals surface area (Å²) in [5, 5.41) is 2.70. The number of nitrogens with zero attached hydrogens (tertiary/aromatic N) is 1. The van der Waals surface area contributed by atoms with E-state index < -0.39 is 11.7 Å². The van der Waals surface area contributed by atoms with E-state index in [2.05, 4.69) is 10.3 Å². The summed E-state index contributed by atoms with van der Waals surface area (Å²) in [5.41, 5.74) is 5.25. The van der Waals surface area contributed by atoms with Crippen molar-refractivity contribution in [2.75, 3.05) is 18.9 Å². The molecule has 1 fully saturated rings. The fourth-order valence-corrected chi connectivity index (χ4v) is 1.97. The van der Waals surface area contributed by atoms with Gasteiger partial charge in [-0.1, -0.05) is 0 Å². The molecule has 0 radical (unpaired) electrons. The van der Waals surface area contributed by atoms with Gasteiger partial charge >= 0.3 is 0 Å². The fraction of sp³-hybridized carbons (Fsp3) is 0.500. The van der Waals surface area contributed by atoms with Gasteiger partial charge in [0.2, 0.25) is 0 Å². The highest BCUT2D eigenvalue weighted by molar-refractivity contribution is 5.98. The van der Waals surface area contributed by atoms with Crippen molar-refractivity contribution in [1.29, 1.82) is 0 Å². The molecule has 0 spiro atoms. The van der Waals surface area contributed by atoms with E-state index in [4.69, 9.17) is 10.5 Å². The van der Waals surface area contributed by atoms with E-state index in [1.54, 1.807) is 0 Å². The first-order valence-electron chi connectivity index (χ1n) is 5.83. The van der Waals surface area contributed by atoms with Crippen LogP contribution >= 0.6 is 0 Å². The number of halogens is 1. The number of rotatable bonds is 3. The zero-order valence-electron chi connectivity index (χ0n) is 10.2. The van der Waals surface area contributed by atoms with Gasteiger partial charge in [-0.2, -0.15) is 0 Å². The minimum atomic E-state index is -0.585. The van der Waals surface area contributed by atoms with Crippen LogP contribution in [0.15, 0.2) is 12.3 Å². The molecule has 1 aromatic heterocycles. The molecule has 2 heterocycles. The molecule has 1 amide bonds. The summed E-state index contributed by atoms with van der Waals surface area (Å²) in [6.07, 6.45) is 2.85. The molecular weight excluding hydrogens is 237 g/mol. The van der Waals surface area contributed by atoms with E-state index in [-0.39, 0.29) is 17.0 Å². The number of amides is 1. The molecule has 0 bridgehead atoms. The van der Waals surface area contributed by atoms with Gasteiger partial charge in [-0.05, 0) is 25.8 Å². The van der Waals surface area contributed by atoms with Crippen LogP contribution in [0.25, 0.3) is 0 Å². The Hall–Kier alpha value is -1.69. The minimum Gasteiger partial charge on any atom is -0.383 e. The smallest absolute Gasteiger partial charge is 0.255 e. The van der Waals surface area contributed by atoms with Gasteiger partial charge in [0.15, 0.2) is 0 Å². The third-order valence-electron chi connectivity index (χ3n) is 3.05. The number of nitrogens with one attached hydrogen (secondary N) is 1. The fourth-order valence-electron chi connectivity index (χ4n) is 1.97. The van der Waals surface area contributed by atoms with E-state index >= 15 is 0 Å². The first kappa shape index (κ1) is 12.8. The molecular formula is C12H16FN3O2. The van der Waals surface area contributed by atoms with Gasteiger partial charge in [0.25, 0.3) is 5.91 Å². The zero-order chi connectivity index (χ0) is 13.2. The molecule has 18 heavy (non-hydrogen) atoms. The molecule has 3 N–H and O–H groups in total. The Bertz CT molecular complexity index is 459. The Morgan fingerprint density at radius 3 is 3.17 bits per heavy atom. The van der Waals surface area contributed by atoms with Crippen molar-refractivity contribution < 1.29 is 13.9 Å². The van der Waals surface area contributed by atoms with Crippen LogP contribution in [0.1, 0.15) is 30.1 Å². The number of carbonyl (C=O) groups is 1. The van der Waals surface area contributed by atoms with Gasteiger partial charge in [-0.15, -0.1) is 0 Å². The Morgan fingerprint density at radius 2 is 2.50 bits per heavy atom. The maximum atomic E-state index is 13.0. The van der Waals surface area contributed by atoms with Gasteiger partial charge in [0.1, 0.15) is 11.6 Å². The highest BCUT2D eigenvalue weighted by Crippen LogP contribution is 2.24. The molecule has 0 saturated carbocycles. The number of carbonyl (C=O) groups excluding carboxylic acids is 1. The van der Waals surface area contributed by atoms with Crippen molar-refractivity contribution in [1.82, 2.24) is 10.3 Å². The largest absolute Gasteiger partial charge is 0.383 e. The van der Waals surface area contributed by atoms with Crippen LogP contribution in [0.5, 0.6) is 0 Å². The monoisotopic (exact) mass is 253 g/mol. The summed E-state index contributed by atoms with van der Waals surface area (Å²) in [7, 11) is 0.